The van der Waals surface area contributed by atoms with Gasteiger partial charge in [0.25, 0.3) is 0 Å². The summed E-state index contributed by atoms with van der Waals surface area (Å²) < 4.78 is 0. The van der Waals surface area contributed by atoms with Crippen molar-refractivity contribution in [3.8, 4) is 0 Å². The van der Waals surface area contributed by atoms with Crippen molar-refractivity contribution in [3.63, 3.8) is 0 Å². The molecule has 1 aliphatic rings. The minimum Gasteiger partial charge on any atom is -0.388 e. The molecule has 94 valence electrons. The van der Waals surface area contributed by atoms with E-state index in [9.17, 15) is 5.11 Å². The van der Waals surface area contributed by atoms with Gasteiger partial charge >= 0.3 is 0 Å². The number of piperidine rings is 1. The highest BCUT2D eigenvalue weighted by atomic mass is 35.5. The van der Waals surface area contributed by atoms with E-state index in [0.29, 0.717) is 16.6 Å². The molecule has 0 bridgehead atoms. The summed E-state index contributed by atoms with van der Waals surface area (Å²) >= 11 is 11.8. The summed E-state index contributed by atoms with van der Waals surface area (Å²) in [6.07, 6.45) is 1.53. The number of hydrogen-bond acceptors (Lipinski definition) is 3. The molecule has 17 heavy (non-hydrogen) atoms. The van der Waals surface area contributed by atoms with E-state index in [1.807, 2.05) is 6.07 Å². The highest BCUT2D eigenvalue weighted by Crippen LogP contribution is 2.26. The fraction of sp³-hybridized carbons (Fsp3) is 0.500. The maximum absolute atomic E-state index is 10.3. The molecule has 3 N–H and O–H groups in total. The topological polar surface area (TPSA) is 44.3 Å². The first-order valence-corrected chi connectivity index (χ1v) is 6.47. The summed E-state index contributed by atoms with van der Waals surface area (Å²) in [5.74, 6) is 0. The van der Waals surface area contributed by atoms with Gasteiger partial charge in [0.2, 0.25) is 0 Å². The molecule has 0 aromatic heterocycles. The van der Waals surface area contributed by atoms with Crippen LogP contribution in [0.5, 0.6) is 0 Å². The molecule has 0 atom stereocenters. The van der Waals surface area contributed by atoms with Crippen molar-refractivity contribution < 1.29 is 5.11 Å². The van der Waals surface area contributed by atoms with Gasteiger partial charge in [0, 0.05) is 12.2 Å². The van der Waals surface area contributed by atoms with Gasteiger partial charge < -0.3 is 15.7 Å². The molecule has 0 radical (unpaired) electrons. The molecule has 1 fully saturated rings. The zero-order chi connectivity index (χ0) is 12.3. The minimum atomic E-state index is -0.628. The van der Waals surface area contributed by atoms with Crippen LogP contribution in [0.1, 0.15) is 12.8 Å². The van der Waals surface area contributed by atoms with Crippen LogP contribution in [0.2, 0.25) is 10.0 Å². The van der Waals surface area contributed by atoms with Crippen LogP contribution in [0.3, 0.4) is 0 Å². The normalized spacial score (nSPS) is 19.0. The lowest BCUT2D eigenvalue weighted by atomic mass is 9.92. The van der Waals surface area contributed by atoms with Gasteiger partial charge in [-0.25, -0.2) is 0 Å². The Kier molecular flexibility index (Phi) is 4.15. The number of hydrogen-bond donors (Lipinski definition) is 3. The Morgan fingerprint density at radius 3 is 2.59 bits per heavy atom. The predicted molar refractivity (Wildman–Crippen MR) is 72.0 cm³/mol. The summed E-state index contributed by atoms with van der Waals surface area (Å²) in [5.41, 5.74) is 0.253. The molecule has 1 heterocycles. The second kappa shape index (κ2) is 5.44. The highest BCUT2D eigenvalue weighted by molar-refractivity contribution is 6.42. The van der Waals surface area contributed by atoms with Crippen LogP contribution < -0.4 is 10.6 Å². The summed E-state index contributed by atoms with van der Waals surface area (Å²) in [5, 5.41) is 17.8. The Morgan fingerprint density at radius 1 is 1.24 bits per heavy atom. The standard InChI is InChI=1S/C12H16Cl2N2O/c13-10-2-1-9(7-11(10)14)16-8-12(17)3-5-15-6-4-12/h1-2,7,15-17H,3-6,8H2. The molecule has 0 amide bonds. The number of nitrogens with one attached hydrogen (secondary N) is 2. The molecule has 0 unspecified atom stereocenters. The fourth-order valence-electron chi connectivity index (χ4n) is 1.94. The maximum Gasteiger partial charge on any atom is 0.0843 e. The molecule has 2 rings (SSSR count). The summed E-state index contributed by atoms with van der Waals surface area (Å²) in [6.45, 7) is 2.26. The predicted octanol–water partition coefficient (Wildman–Crippen LogP) is 2.52. The Balaban J connectivity index is 1.94. The zero-order valence-electron chi connectivity index (χ0n) is 9.47. The van der Waals surface area contributed by atoms with Gasteiger partial charge in [0.15, 0.2) is 0 Å². The Hall–Kier alpha value is -0.480. The number of rotatable bonds is 3. The molecule has 0 saturated carbocycles. The zero-order valence-corrected chi connectivity index (χ0v) is 11.0. The summed E-state index contributed by atoms with van der Waals surface area (Å²) in [6, 6.07) is 5.38. The van der Waals surface area contributed by atoms with Gasteiger partial charge in [-0.05, 0) is 44.1 Å². The Labute approximate surface area is 111 Å². The van der Waals surface area contributed by atoms with Crippen molar-refractivity contribution in [1.82, 2.24) is 5.32 Å². The first-order chi connectivity index (χ1) is 8.09. The lowest BCUT2D eigenvalue weighted by molar-refractivity contribution is 0.0232. The summed E-state index contributed by atoms with van der Waals surface area (Å²) in [4.78, 5) is 0. The smallest absolute Gasteiger partial charge is 0.0843 e. The molecule has 1 saturated heterocycles. The molecular formula is C12H16Cl2N2O. The van der Waals surface area contributed by atoms with Gasteiger partial charge in [0.05, 0.1) is 15.6 Å². The van der Waals surface area contributed by atoms with E-state index in [0.717, 1.165) is 31.6 Å². The van der Waals surface area contributed by atoms with Crippen LogP contribution in [-0.4, -0.2) is 30.3 Å². The molecule has 1 aliphatic heterocycles. The van der Waals surface area contributed by atoms with Gasteiger partial charge in [0.1, 0.15) is 0 Å². The van der Waals surface area contributed by atoms with E-state index in [2.05, 4.69) is 10.6 Å². The molecule has 1 aromatic carbocycles. The van der Waals surface area contributed by atoms with Crippen molar-refractivity contribution >= 4 is 28.9 Å². The van der Waals surface area contributed by atoms with Crippen molar-refractivity contribution in [2.24, 2.45) is 0 Å². The van der Waals surface area contributed by atoms with E-state index in [4.69, 9.17) is 23.2 Å². The first-order valence-electron chi connectivity index (χ1n) is 5.71. The molecule has 1 aromatic rings. The van der Waals surface area contributed by atoms with Gasteiger partial charge in [-0.3, -0.25) is 0 Å². The van der Waals surface area contributed by atoms with Crippen molar-refractivity contribution in [1.29, 1.82) is 0 Å². The monoisotopic (exact) mass is 274 g/mol. The second-order valence-corrected chi connectivity index (χ2v) is 5.27. The third-order valence-electron chi connectivity index (χ3n) is 3.08. The van der Waals surface area contributed by atoms with Gasteiger partial charge in [-0.2, -0.15) is 0 Å². The van der Waals surface area contributed by atoms with Gasteiger partial charge in [-0.15, -0.1) is 0 Å². The number of aliphatic hydroxyl groups is 1. The fourth-order valence-corrected chi connectivity index (χ4v) is 2.24. The first kappa shape index (κ1) is 13.0. The molecular weight excluding hydrogens is 259 g/mol. The lowest BCUT2D eigenvalue weighted by Gasteiger charge is -2.33. The quantitative estimate of drug-likeness (QED) is 0.794. The van der Waals surface area contributed by atoms with E-state index >= 15 is 0 Å². The maximum atomic E-state index is 10.3. The highest BCUT2D eigenvalue weighted by Gasteiger charge is 2.28. The van der Waals surface area contributed by atoms with E-state index in [-0.39, 0.29) is 0 Å². The summed E-state index contributed by atoms with van der Waals surface area (Å²) in [7, 11) is 0. The van der Waals surface area contributed by atoms with E-state index in [1.54, 1.807) is 12.1 Å². The van der Waals surface area contributed by atoms with E-state index < -0.39 is 5.60 Å². The number of benzene rings is 1. The second-order valence-electron chi connectivity index (χ2n) is 4.46. The van der Waals surface area contributed by atoms with Crippen LogP contribution >= 0.6 is 23.2 Å². The average Bonchev–Trinajstić information content (AvgIpc) is 2.32. The van der Waals surface area contributed by atoms with Crippen molar-refractivity contribution in [2.45, 2.75) is 18.4 Å². The largest absolute Gasteiger partial charge is 0.388 e. The SMILES string of the molecule is OC1(CNc2ccc(Cl)c(Cl)c2)CCNCC1. The molecule has 5 heteroatoms. The van der Waals surface area contributed by atoms with Crippen LogP contribution in [0.4, 0.5) is 5.69 Å². The van der Waals surface area contributed by atoms with Crippen molar-refractivity contribution in [2.75, 3.05) is 25.0 Å². The van der Waals surface area contributed by atoms with Crippen LogP contribution in [-0.2, 0) is 0 Å². The third kappa shape index (κ3) is 3.49. The third-order valence-corrected chi connectivity index (χ3v) is 3.81. The van der Waals surface area contributed by atoms with Crippen LogP contribution in [0.25, 0.3) is 0 Å². The average molecular weight is 275 g/mol. The Morgan fingerprint density at radius 2 is 1.94 bits per heavy atom. The number of halogens is 2. The molecule has 0 aliphatic carbocycles. The lowest BCUT2D eigenvalue weighted by Crippen LogP contribution is -2.46. The number of anilines is 1. The van der Waals surface area contributed by atoms with Crippen LogP contribution in [0, 0.1) is 0 Å². The molecule has 0 spiro atoms. The van der Waals surface area contributed by atoms with Gasteiger partial charge in [-0.1, -0.05) is 23.2 Å². The van der Waals surface area contributed by atoms with Crippen molar-refractivity contribution in [3.05, 3.63) is 28.2 Å². The Bertz CT molecular complexity index is 392. The molecule has 3 nitrogen and oxygen atoms in total. The van der Waals surface area contributed by atoms with E-state index in [1.165, 1.54) is 0 Å². The van der Waals surface area contributed by atoms with Crippen LogP contribution in [0.15, 0.2) is 18.2 Å². The minimum absolute atomic E-state index is 0.522.